The molecule has 32 heavy (non-hydrogen) atoms. The number of nitrogens with one attached hydrogen (secondary N) is 1. The quantitative estimate of drug-likeness (QED) is 0.376. The molecule has 1 N–H and O–H groups in total. The summed E-state index contributed by atoms with van der Waals surface area (Å²) in [5.41, 5.74) is 4.75. The van der Waals surface area contributed by atoms with Gasteiger partial charge in [0.25, 0.3) is 15.9 Å². The molecule has 0 atom stereocenters. The Kier molecular flexibility index (Phi) is 7.66. The largest absolute Gasteiger partial charge is 0.494 e. The lowest BCUT2D eigenvalue weighted by Crippen LogP contribution is -2.39. The lowest BCUT2D eigenvalue weighted by Gasteiger charge is -2.24. The molecule has 9 heteroatoms. The molecule has 0 unspecified atom stereocenters. The van der Waals surface area contributed by atoms with Crippen LogP contribution in [0.2, 0.25) is 0 Å². The van der Waals surface area contributed by atoms with Crippen molar-refractivity contribution in [2.75, 3.05) is 17.5 Å². The van der Waals surface area contributed by atoms with E-state index in [9.17, 15) is 13.2 Å². The van der Waals surface area contributed by atoms with Gasteiger partial charge in [0.15, 0.2) is 0 Å². The van der Waals surface area contributed by atoms with Crippen molar-refractivity contribution in [2.24, 2.45) is 5.10 Å². The first-order chi connectivity index (χ1) is 15.3. The van der Waals surface area contributed by atoms with Crippen LogP contribution in [0, 0.1) is 13.8 Å². The van der Waals surface area contributed by atoms with E-state index in [1.54, 1.807) is 42.6 Å². The van der Waals surface area contributed by atoms with E-state index >= 15 is 0 Å². The Morgan fingerprint density at radius 3 is 2.38 bits per heavy atom. The average molecular weight is 472 g/mol. The molecule has 0 spiro atoms. The van der Waals surface area contributed by atoms with E-state index in [-0.39, 0.29) is 4.90 Å². The molecule has 7 nitrogen and oxygen atoms in total. The normalized spacial score (nSPS) is 11.5. The number of ether oxygens (including phenoxy) is 1. The Morgan fingerprint density at radius 1 is 1.09 bits per heavy atom. The van der Waals surface area contributed by atoms with Crippen LogP contribution in [0.4, 0.5) is 5.69 Å². The summed E-state index contributed by atoms with van der Waals surface area (Å²) in [5, 5.41) is 5.90. The van der Waals surface area contributed by atoms with E-state index in [2.05, 4.69) is 10.5 Å². The van der Waals surface area contributed by atoms with Gasteiger partial charge in [0, 0.05) is 4.88 Å². The van der Waals surface area contributed by atoms with Gasteiger partial charge < -0.3 is 4.74 Å². The number of anilines is 1. The standard InChI is InChI=1S/C23H25N3O4S2/c1-4-30-20-9-7-19(8-10-20)26(32(28,29)21-11-5-17(2)6-12-21)16-23(27)25-24-15-22-18(3)13-14-31-22/h5-15H,4,16H2,1-3H3,(H,25,27)/b24-15-. The topological polar surface area (TPSA) is 88.1 Å². The number of hydrogen-bond acceptors (Lipinski definition) is 6. The molecule has 0 saturated heterocycles. The third kappa shape index (κ3) is 5.74. The van der Waals surface area contributed by atoms with Gasteiger partial charge in [-0.05, 0) is 74.2 Å². The second-order valence-electron chi connectivity index (χ2n) is 7.01. The summed E-state index contributed by atoms with van der Waals surface area (Å²) >= 11 is 1.50. The summed E-state index contributed by atoms with van der Waals surface area (Å²) in [6.07, 6.45) is 1.55. The van der Waals surface area contributed by atoms with Crippen molar-refractivity contribution in [3.05, 3.63) is 76.0 Å². The van der Waals surface area contributed by atoms with Crippen molar-refractivity contribution < 1.29 is 17.9 Å². The molecular weight excluding hydrogens is 446 g/mol. The molecule has 1 amide bonds. The summed E-state index contributed by atoms with van der Waals surface area (Å²) in [6.45, 7) is 5.76. The molecule has 0 fully saturated rings. The smallest absolute Gasteiger partial charge is 0.264 e. The fourth-order valence-electron chi connectivity index (χ4n) is 2.87. The summed E-state index contributed by atoms with van der Waals surface area (Å²) in [6, 6.07) is 15.0. The number of hydrogen-bond donors (Lipinski definition) is 1. The van der Waals surface area contributed by atoms with E-state index in [0.29, 0.717) is 18.0 Å². The van der Waals surface area contributed by atoms with Crippen molar-refractivity contribution in [3.8, 4) is 5.75 Å². The van der Waals surface area contributed by atoms with Crippen LogP contribution in [0.3, 0.4) is 0 Å². The highest BCUT2D eigenvalue weighted by atomic mass is 32.2. The molecule has 0 aliphatic carbocycles. The zero-order valence-electron chi connectivity index (χ0n) is 18.1. The molecule has 1 aromatic heterocycles. The second kappa shape index (κ2) is 10.4. The number of hydrazone groups is 1. The van der Waals surface area contributed by atoms with Gasteiger partial charge in [-0.1, -0.05) is 17.7 Å². The van der Waals surface area contributed by atoms with Crippen molar-refractivity contribution in [1.29, 1.82) is 0 Å². The molecule has 168 valence electrons. The first-order valence-corrected chi connectivity index (χ1v) is 12.3. The molecule has 1 heterocycles. The highest BCUT2D eigenvalue weighted by Crippen LogP contribution is 2.26. The summed E-state index contributed by atoms with van der Waals surface area (Å²) in [4.78, 5) is 13.6. The Hall–Kier alpha value is -3.17. The van der Waals surface area contributed by atoms with Gasteiger partial charge in [0.1, 0.15) is 12.3 Å². The van der Waals surface area contributed by atoms with E-state index in [0.717, 1.165) is 20.3 Å². The molecule has 0 aliphatic heterocycles. The van der Waals surface area contributed by atoms with Crippen LogP contribution in [-0.2, 0) is 14.8 Å². The maximum Gasteiger partial charge on any atom is 0.264 e. The van der Waals surface area contributed by atoms with Crippen LogP contribution in [0.5, 0.6) is 5.75 Å². The van der Waals surface area contributed by atoms with Crippen LogP contribution in [0.1, 0.15) is 22.9 Å². The fourth-order valence-corrected chi connectivity index (χ4v) is 5.08. The Bertz CT molecular complexity index is 1180. The summed E-state index contributed by atoms with van der Waals surface area (Å²) in [5.74, 6) is 0.0596. The Morgan fingerprint density at radius 2 is 1.78 bits per heavy atom. The van der Waals surface area contributed by atoms with Crippen LogP contribution >= 0.6 is 11.3 Å². The predicted molar refractivity (Wildman–Crippen MR) is 128 cm³/mol. The summed E-state index contributed by atoms with van der Waals surface area (Å²) in [7, 11) is -3.98. The van der Waals surface area contributed by atoms with Crippen LogP contribution in [-0.4, -0.2) is 33.7 Å². The van der Waals surface area contributed by atoms with Gasteiger partial charge in [-0.15, -0.1) is 11.3 Å². The molecule has 0 saturated carbocycles. The molecule has 3 rings (SSSR count). The summed E-state index contributed by atoms with van der Waals surface area (Å²) < 4.78 is 33.2. The van der Waals surface area contributed by atoms with Crippen LogP contribution in [0.15, 0.2) is 70.0 Å². The van der Waals surface area contributed by atoms with Gasteiger partial charge in [-0.25, -0.2) is 13.8 Å². The van der Waals surface area contributed by atoms with Gasteiger partial charge >= 0.3 is 0 Å². The van der Waals surface area contributed by atoms with Gasteiger partial charge in [0.2, 0.25) is 0 Å². The second-order valence-corrected chi connectivity index (χ2v) is 9.82. The number of carbonyl (C=O) groups is 1. The molecule has 0 bridgehead atoms. The third-order valence-corrected chi connectivity index (χ3v) is 7.35. The SMILES string of the molecule is CCOc1ccc(N(CC(=O)N/N=C\c2sccc2C)S(=O)(=O)c2ccc(C)cc2)cc1. The lowest BCUT2D eigenvalue weighted by molar-refractivity contribution is -0.119. The van der Waals surface area contributed by atoms with E-state index < -0.39 is 22.5 Å². The predicted octanol–water partition coefficient (Wildman–Crippen LogP) is 4.11. The molecule has 2 aromatic carbocycles. The minimum atomic E-state index is -3.98. The third-order valence-electron chi connectivity index (χ3n) is 4.60. The van der Waals surface area contributed by atoms with Gasteiger partial charge in [0.05, 0.1) is 23.4 Å². The lowest BCUT2D eigenvalue weighted by atomic mass is 10.2. The number of aryl methyl sites for hydroxylation is 2. The average Bonchev–Trinajstić information content (AvgIpc) is 3.18. The van der Waals surface area contributed by atoms with E-state index in [1.165, 1.54) is 23.5 Å². The van der Waals surface area contributed by atoms with Gasteiger partial charge in [-0.3, -0.25) is 9.10 Å². The highest BCUT2D eigenvalue weighted by Gasteiger charge is 2.27. The van der Waals surface area contributed by atoms with Crippen LogP contribution < -0.4 is 14.5 Å². The van der Waals surface area contributed by atoms with Crippen LogP contribution in [0.25, 0.3) is 0 Å². The fraction of sp³-hybridized carbons (Fsp3) is 0.217. The zero-order chi connectivity index (χ0) is 23.1. The Balaban J connectivity index is 1.86. The molecule has 0 radical (unpaired) electrons. The zero-order valence-corrected chi connectivity index (χ0v) is 19.7. The Labute approximate surface area is 192 Å². The minimum Gasteiger partial charge on any atom is -0.494 e. The first-order valence-electron chi connectivity index (χ1n) is 9.99. The molecule has 0 aliphatic rings. The van der Waals surface area contributed by atoms with Crippen molar-refractivity contribution in [1.82, 2.24) is 5.43 Å². The number of nitrogens with zero attached hydrogens (tertiary/aromatic N) is 2. The molecular formula is C23H25N3O4S2. The maximum absolute atomic E-state index is 13.4. The number of sulfonamides is 1. The number of thiophene rings is 1. The minimum absolute atomic E-state index is 0.0995. The van der Waals surface area contributed by atoms with Gasteiger partial charge in [-0.2, -0.15) is 5.10 Å². The van der Waals surface area contributed by atoms with Crippen molar-refractivity contribution in [2.45, 2.75) is 25.7 Å². The first kappa shape index (κ1) is 23.5. The maximum atomic E-state index is 13.4. The number of rotatable bonds is 9. The monoisotopic (exact) mass is 471 g/mol. The number of carbonyl (C=O) groups excluding carboxylic acids is 1. The number of benzene rings is 2. The van der Waals surface area contributed by atoms with E-state index in [1.807, 2.05) is 32.2 Å². The molecule has 3 aromatic rings. The highest BCUT2D eigenvalue weighted by molar-refractivity contribution is 7.92. The number of amides is 1. The van der Waals surface area contributed by atoms with Crippen molar-refractivity contribution >= 4 is 39.2 Å². The van der Waals surface area contributed by atoms with Crippen molar-refractivity contribution in [3.63, 3.8) is 0 Å². The van der Waals surface area contributed by atoms with E-state index in [4.69, 9.17) is 4.74 Å².